The summed E-state index contributed by atoms with van der Waals surface area (Å²) in [7, 11) is 1.66. The lowest BCUT2D eigenvalue weighted by molar-refractivity contribution is 0.162. The van der Waals surface area contributed by atoms with Crippen LogP contribution in [-0.4, -0.2) is 26.3 Å². The van der Waals surface area contributed by atoms with Gasteiger partial charge >= 0.3 is 0 Å². The number of hydrogen-bond acceptors (Lipinski definition) is 2. The molecule has 0 aliphatic carbocycles. The zero-order valence-corrected chi connectivity index (χ0v) is 11.0. The molecule has 0 bridgehead atoms. The van der Waals surface area contributed by atoms with Gasteiger partial charge in [-0.25, -0.2) is 8.78 Å². The molecule has 0 fully saturated rings. The van der Waals surface area contributed by atoms with Crippen molar-refractivity contribution < 1.29 is 13.5 Å². The topological polar surface area (TPSA) is 21.3 Å². The van der Waals surface area contributed by atoms with Crippen molar-refractivity contribution >= 4 is 0 Å². The van der Waals surface area contributed by atoms with E-state index in [0.717, 1.165) is 24.9 Å². The first-order chi connectivity index (χ1) is 8.67. The third kappa shape index (κ3) is 5.10. The number of halogens is 2. The average Bonchev–Trinajstić information content (AvgIpc) is 2.37. The summed E-state index contributed by atoms with van der Waals surface area (Å²) in [6, 6.07) is 4.32. The Labute approximate surface area is 107 Å². The molecule has 102 valence electrons. The highest BCUT2D eigenvalue weighted by molar-refractivity contribution is 5.17. The molecule has 0 spiro atoms. The van der Waals surface area contributed by atoms with Crippen molar-refractivity contribution in [1.29, 1.82) is 0 Å². The molecular formula is C14H21F2NO. The molecule has 0 saturated heterocycles. The number of methoxy groups -OCH3 is 1. The van der Waals surface area contributed by atoms with Gasteiger partial charge in [-0.3, -0.25) is 0 Å². The van der Waals surface area contributed by atoms with Crippen LogP contribution >= 0.6 is 0 Å². The standard InChI is InChI=1S/C14H21F2NO/c1-3-8-17-12(10-18-2)6-4-11-5-7-13(15)14(16)9-11/h5,7,9,12,17H,3-4,6,8,10H2,1-2H3. The van der Waals surface area contributed by atoms with E-state index >= 15 is 0 Å². The molecule has 1 atom stereocenters. The predicted octanol–water partition coefficient (Wildman–Crippen LogP) is 2.91. The molecular weight excluding hydrogens is 236 g/mol. The van der Waals surface area contributed by atoms with Crippen molar-refractivity contribution in [3.63, 3.8) is 0 Å². The highest BCUT2D eigenvalue weighted by atomic mass is 19.2. The van der Waals surface area contributed by atoms with Gasteiger partial charge in [0.1, 0.15) is 0 Å². The zero-order chi connectivity index (χ0) is 13.4. The highest BCUT2D eigenvalue weighted by Gasteiger charge is 2.09. The van der Waals surface area contributed by atoms with E-state index in [2.05, 4.69) is 12.2 Å². The number of hydrogen-bond donors (Lipinski definition) is 1. The van der Waals surface area contributed by atoms with E-state index in [4.69, 9.17) is 4.74 Å². The van der Waals surface area contributed by atoms with E-state index in [0.29, 0.717) is 13.0 Å². The maximum Gasteiger partial charge on any atom is 0.159 e. The van der Waals surface area contributed by atoms with Crippen LogP contribution in [-0.2, 0) is 11.2 Å². The van der Waals surface area contributed by atoms with E-state index in [1.54, 1.807) is 13.2 Å². The van der Waals surface area contributed by atoms with Crippen LogP contribution in [0.15, 0.2) is 18.2 Å². The molecule has 18 heavy (non-hydrogen) atoms. The van der Waals surface area contributed by atoms with E-state index in [-0.39, 0.29) is 6.04 Å². The fourth-order valence-corrected chi connectivity index (χ4v) is 1.83. The van der Waals surface area contributed by atoms with Crippen molar-refractivity contribution in [3.05, 3.63) is 35.4 Å². The molecule has 1 aromatic carbocycles. The minimum absolute atomic E-state index is 0.253. The summed E-state index contributed by atoms with van der Waals surface area (Å²) in [4.78, 5) is 0. The molecule has 0 amide bonds. The van der Waals surface area contributed by atoms with Crippen LogP contribution in [0.5, 0.6) is 0 Å². The lowest BCUT2D eigenvalue weighted by Gasteiger charge is -2.17. The Morgan fingerprint density at radius 1 is 1.28 bits per heavy atom. The Hall–Kier alpha value is -1.00. The molecule has 0 aliphatic heterocycles. The quantitative estimate of drug-likeness (QED) is 0.773. The number of rotatable bonds is 8. The van der Waals surface area contributed by atoms with Crippen molar-refractivity contribution in [2.75, 3.05) is 20.3 Å². The first kappa shape index (κ1) is 15.1. The van der Waals surface area contributed by atoms with Crippen molar-refractivity contribution in [2.24, 2.45) is 0 Å². The number of ether oxygens (including phenoxy) is 1. The fourth-order valence-electron chi connectivity index (χ4n) is 1.83. The molecule has 0 saturated carbocycles. The summed E-state index contributed by atoms with van der Waals surface area (Å²) >= 11 is 0. The maximum atomic E-state index is 13.0. The minimum atomic E-state index is -0.795. The molecule has 0 aromatic heterocycles. The van der Waals surface area contributed by atoms with Gasteiger partial charge in [0.15, 0.2) is 11.6 Å². The molecule has 0 radical (unpaired) electrons. The first-order valence-electron chi connectivity index (χ1n) is 6.33. The Balaban J connectivity index is 2.47. The zero-order valence-electron chi connectivity index (χ0n) is 11.0. The van der Waals surface area contributed by atoms with Crippen LogP contribution in [0, 0.1) is 11.6 Å². The van der Waals surface area contributed by atoms with Gasteiger partial charge in [-0.15, -0.1) is 0 Å². The van der Waals surface area contributed by atoms with Gasteiger partial charge in [0.2, 0.25) is 0 Å². The van der Waals surface area contributed by atoms with Crippen LogP contribution in [0.25, 0.3) is 0 Å². The fraction of sp³-hybridized carbons (Fsp3) is 0.571. The summed E-state index contributed by atoms with van der Waals surface area (Å²) in [5.41, 5.74) is 0.813. The largest absolute Gasteiger partial charge is 0.383 e. The number of aryl methyl sites for hydroxylation is 1. The molecule has 1 rings (SSSR count). The Kier molecular flexibility index (Phi) is 6.83. The van der Waals surface area contributed by atoms with Crippen LogP contribution < -0.4 is 5.32 Å². The van der Waals surface area contributed by atoms with Gasteiger partial charge in [0.05, 0.1) is 6.61 Å². The van der Waals surface area contributed by atoms with Crippen LogP contribution in [0.1, 0.15) is 25.3 Å². The second-order valence-corrected chi connectivity index (χ2v) is 4.39. The normalized spacial score (nSPS) is 12.7. The van der Waals surface area contributed by atoms with Crippen molar-refractivity contribution in [2.45, 2.75) is 32.2 Å². The van der Waals surface area contributed by atoms with Gasteiger partial charge in [0, 0.05) is 13.2 Å². The summed E-state index contributed by atoms with van der Waals surface area (Å²) in [6.45, 7) is 3.67. The predicted molar refractivity (Wildman–Crippen MR) is 68.6 cm³/mol. The van der Waals surface area contributed by atoms with Gasteiger partial charge < -0.3 is 10.1 Å². The summed E-state index contributed by atoms with van der Waals surface area (Å²) in [5, 5.41) is 3.37. The van der Waals surface area contributed by atoms with Crippen LogP contribution in [0.2, 0.25) is 0 Å². The second kappa shape index (κ2) is 8.16. The first-order valence-corrected chi connectivity index (χ1v) is 6.33. The molecule has 1 unspecified atom stereocenters. The minimum Gasteiger partial charge on any atom is -0.383 e. The number of nitrogens with one attached hydrogen (secondary N) is 1. The maximum absolute atomic E-state index is 13.0. The van der Waals surface area contributed by atoms with Crippen molar-refractivity contribution in [1.82, 2.24) is 5.32 Å². The summed E-state index contributed by atoms with van der Waals surface area (Å²) in [5.74, 6) is -1.58. The van der Waals surface area contributed by atoms with Gasteiger partial charge in [-0.1, -0.05) is 13.0 Å². The van der Waals surface area contributed by atoms with E-state index in [9.17, 15) is 8.78 Å². The molecule has 2 nitrogen and oxygen atoms in total. The van der Waals surface area contributed by atoms with Gasteiger partial charge in [-0.05, 0) is 43.5 Å². The highest BCUT2D eigenvalue weighted by Crippen LogP contribution is 2.11. The molecule has 0 aliphatic rings. The molecule has 4 heteroatoms. The lowest BCUT2D eigenvalue weighted by Crippen LogP contribution is -2.34. The SMILES string of the molecule is CCCNC(CCc1ccc(F)c(F)c1)COC. The third-order valence-corrected chi connectivity index (χ3v) is 2.82. The van der Waals surface area contributed by atoms with E-state index in [1.165, 1.54) is 12.1 Å². The summed E-state index contributed by atoms with van der Waals surface area (Å²) in [6.07, 6.45) is 2.62. The van der Waals surface area contributed by atoms with Crippen LogP contribution in [0.3, 0.4) is 0 Å². The Morgan fingerprint density at radius 3 is 2.67 bits per heavy atom. The van der Waals surface area contributed by atoms with E-state index < -0.39 is 11.6 Å². The monoisotopic (exact) mass is 257 g/mol. The Bertz CT molecular complexity index is 358. The smallest absolute Gasteiger partial charge is 0.159 e. The second-order valence-electron chi connectivity index (χ2n) is 4.39. The lowest BCUT2D eigenvalue weighted by atomic mass is 10.1. The van der Waals surface area contributed by atoms with Gasteiger partial charge in [0.25, 0.3) is 0 Å². The molecule has 0 heterocycles. The average molecular weight is 257 g/mol. The van der Waals surface area contributed by atoms with Crippen LogP contribution in [0.4, 0.5) is 8.78 Å². The molecule has 1 aromatic rings. The third-order valence-electron chi connectivity index (χ3n) is 2.82. The Morgan fingerprint density at radius 2 is 2.06 bits per heavy atom. The van der Waals surface area contributed by atoms with Gasteiger partial charge in [-0.2, -0.15) is 0 Å². The van der Waals surface area contributed by atoms with Crippen molar-refractivity contribution in [3.8, 4) is 0 Å². The summed E-state index contributed by atoms with van der Waals surface area (Å²) < 4.78 is 31.0. The van der Waals surface area contributed by atoms with E-state index in [1.807, 2.05) is 0 Å². The molecule has 1 N–H and O–H groups in total. The number of benzene rings is 1.